The monoisotopic (exact) mass is 389 g/mol. The van der Waals surface area contributed by atoms with E-state index in [2.05, 4.69) is 9.80 Å². The highest BCUT2D eigenvalue weighted by molar-refractivity contribution is 5.78. The predicted octanol–water partition coefficient (Wildman–Crippen LogP) is 3.01. The predicted molar refractivity (Wildman–Crippen MR) is 104 cm³/mol. The van der Waals surface area contributed by atoms with Gasteiger partial charge in [0.15, 0.2) is 11.6 Å². The van der Waals surface area contributed by atoms with Gasteiger partial charge in [0.1, 0.15) is 5.75 Å². The van der Waals surface area contributed by atoms with E-state index in [1.165, 1.54) is 6.07 Å². The maximum absolute atomic E-state index is 13.5. The van der Waals surface area contributed by atoms with Crippen molar-refractivity contribution in [2.45, 2.75) is 13.0 Å². The fraction of sp³-hybridized carbons (Fsp3) is 0.381. The summed E-state index contributed by atoms with van der Waals surface area (Å²) in [4.78, 5) is 18.5. The smallest absolute Gasteiger partial charge is 0.236 e. The number of phenolic OH excluding ortho intramolecular Hbond substituents is 1. The molecule has 1 fully saturated rings. The molecule has 7 heteroatoms. The van der Waals surface area contributed by atoms with Crippen molar-refractivity contribution < 1.29 is 18.7 Å². The Morgan fingerprint density at radius 1 is 1.07 bits per heavy atom. The zero-order chi connectivity index (χ0) is 20.3. The van der Waals surface area contributed by atoms with E-state index in [-0.39, 0.29) is 24.2 Å². The quantitative estimate of drug-likeness (QED) is 0.854. The van der Waals surface area contributed by atoms with Gasteiger partial charge >= 0.3 is 0 Å². The Balaban J connectivity index is 1.53. The number of aromatic hydroxyl groups is 1. The maximum Gasteiger partial charge on any atom is 0.236 e. The van der Waals surface area contributed by atoms with Gasteiger partial charge in [0.25, 0.3) is 0 Å². The highest BCUT2D eigenvalue weighted by atomic mass is 19.2. The van der Waals surface area contributed by atoms with Gasteiger partial charge in [-0.1, -0.05) is 6.07 Å². The number of anilines is 1. The number of hydrogen-bond acceptors (Lipinski definition) is 4. The van der Waals surface area contributed by atoms with Crippen molar-refractivity contribution in [3.63, 3.8) is 0 Å². The fourth-order valence-corrected chi connectivity index (χ4v) is 3.34. The van der Waals surface area contributed by atoms with Crippen LogP contribution >= 0.6 is 0 Å². The molecular weight excluding hydrogens is 364 g/mol. The fourth-order valence-electron chi connectivity index (χ4n) is 3.34. The first kappa shape index (κ1) is 20.1. The molecule has 5 nitrogen and oxygen atoms in total. The minimum Gasteiger partial charge on any atom is -0.508 e. The van der Waals surface area contributed by atoms with E-state index >= 15 is 0 Å². The van der Waals surface area contributed by atoms with Crippen LogP contribution < -0.4 is 4.90 Å². The van der Waals surface area contributed by atoms with Gasteiger partial charge in [-0.05, 0) is 48.9 Å². The van der Waals surface area contributed by atoms with Crippen LogP contribution in [0.15, 0.2) is 42.5 Å². The number of phenols is 1. The molecule has 1 atom stereocenters. The molecule has 3 rings (SSSR count). The lowest BCUT2D eigenvalue weighted by Crippen LogP contribution is -2.50. The van der Waals surface area contributed by atoms with Crippen LogP contribution in [-0.4, -0.2) is 60.6 Å². The summed E-state index contributed by atoms with van der Waals surface area (Å²) < 4.78 is 26.6. The number of benzene rings is 2. The Morgan fingerprint density at radius 3 is 2.32 bits per heavy atom. The Kier molecular flexibility index (Phi) is 6.14. The number of hydrogen-bond donors (Lipinski definition) is 1. The molecule has 0 bridgehead atoms. The van der Waals surface area contributed by atoms with Crippen molar-refractivity contribution in [2.24, 2.45) is 0 Å². The molecule has 1 amide bonds. The number of carbonyl (C=O) groups is 1. The van der Waals surface area contributed by atoms with E-state index in [4.69, 9.17) is 0 Å². The Bertz CT molecular complexity index is 821. The van der Waals surface area contributed by atoms with Gasteiger partial charge in [0.05, 0.1) is 12.6 Å². The molecule has 1 aliphatic heterocycles. The number of nitrogens with zero attached hydrogens (tertiary/aromatic N) is 3. The van der Waals surface area contributed by atoms with Gasteiger partial charge in [0.2, 0.25) is 5.91 Å². The summed E-state index contributed by atoms with van der Waals surface area (Å²) >= 11 is 0. The van der Waals surface area contributed by atoms with Crippen molar-refractivity contribution in [3.8, 4) is 5.75 Å². The molecule has 28 heavy (non-hydrogen) atoms. The molecule has 1 aliphatic rings. The van der Waals surface area contributed by atoms with Gasteiger partial charge in [-0.25, -0.2) is 8.78 Å². The number of rotatable bonds is 5. The third-order valence-corrected chi connectivity index (χ3v) is 5.35. The number of halogens is 2. The minimum atomic E-state index is -0.907. The third kappa shape index (κ3) is 4.59. The molecular formula is C21H25F2N3O2. The first-order valence-electron chi connectivity index (χ1n) is 9.32. The molecule has 0 radical (unpaired) electrons. The molecule has 2 aromatic carbocycles. The van der Waals surface area contributed by atoms with Crippen LogP contribution in [0.4, 0.5) is 14.5 Å². The Labute approximate surface area is 163 Å². The largest absolute Gasteiger partial charge is 0.508 e. The summed E-state index contributed by atoms with van der Waals surface area (Å²) in [5.74, 6) is -1.62. The van der Waals surface area contributed by atoms with Gasteiger partial charge in [-0.2, -0.15) is 0 Å². The van der Waals surface area contributed by atoms with E-state index in [9.17, 15) is 18.7 Å². The standard InChI is InChI=1S/C21H25F2N3O2/c1-15(16-3-8-19(22)20(23)13-16)24(2)21(28)14-25-9-11-26(12-10-25)17-4-6-18(27)7-5-17/h3-8,13,15,27H,9-12,14H2,1-2H3. The van der Waals surface area contributed by atoms with Crippen molar-refractivity contribution in [3.05, 3.63) is 59.7 Å². The Hall–Kier alpha value is -2.67. The number of piperazine rings is 1. The molecule has 1 unspecified atom stereocenters. The summed E-state index contributed by atoms with van der Waals surface area (Å²) in [6.07, 6.45) is 0. The molecule has 150 valence electrons. The topological polar surface area (TPSA) is 47.0 Å². The third-order valence-electron chi connectivity index (χ3n) is 5.35. The second-order valence-corrected chi connectivity index (χ2v) is 7.13. The van der Waals surface area contributed by atoms with Crippen LogP contribution in [0, 0.1) is 11.6 Å². The van der Waals surface area contributed by atoms with E-state index in [0.717, 1.165) is 44.0 Å². The number of carbonyl (C=O) groups excluding carboxylic acids is 1. The molecule has 1 heterocycles. The van der Waals surface area contributed by atoms with E-state index in [0.29, 0.717) is 5.56 Å². The summed E-state index contributed by atoms with van der Waals surface area (Å²) in [7, 11) is 1.68. The number of amides is 1. The zero-order valence-electron chi connectivity index (χ0n) is 16.1. The van der Waals surface area contributed by atoms with Crippen LogP contribution in [0.3, 0.4) is 0 Å². The second-order valence-electron chi connectivity index (χ2n) is 7.13. The molecule has 1 saturated heterocycles. The summed E-state index contributed by atoms with van der Waals surface area (Å²) in [6, 6.07) is 10.5. The van der Waals surface area contributed by atoms with Gasteiger partial charge < -0.3 is 14.9 Å². The molecule has 0 aliphatic carbocycles. The number of likely N-dealkylation sites (N-methyl/N-ethyl adjacent to an activating group) is 1. The molecule has 2 aromatic rings. The molecule has 0 spiro atoms. The summed E-state index contributed by atoms with van der Waals surface area (Å²) in [5.41, 5.74) is 1.61. The van der Waals surface area contributed by atoms with E-state index in [1.54, 1.807) is 31.0 Å². The Morgan fingerprint density at radius 2 is 1.71 bits per heavy atom. The average Bonchev–Trinajstić information content (AvgIpc) is 2.70. The minimum absolute atomic E-state index is 0.0599. The van der Waals surface area contributed by atoms with Gasteiger partial charge in [-0.3, -0.25) is 9.69 Å². The first-order chi connectivity index (χ1) is 13.3. The maximum atomic E-state index is 13.5. The lowest BCUT2D eigenvalue weighted by Gasteiger charge is -2.37. The van der Waals surface area contributed by atoms with Crippen LogP contribution in [0.1, 0.15) is 18.5 Å². The average molecular weight is 389 g/mol. The molecule has 0 saturated carbocycles. The van der Waals surface area contributed by atoms with Gasteiger partial charge in [-0.15, -0.1) is 0 Å². The van der Waals surface area contributed by atoms with Crippen molar-refractivity contribution in [1.82, 2.24) is 9.80 Å². The van der Waals surface area contributed by atoms with Crippen LogP contribution in [0.25, 0.3) is 0 Å². The molecule has 1 N–H and O–H groups in total. The summed E-state index contributed by atoms with van der Waals surface area (Å²) in [5, 5.41) is 9.40. The van der Waals surface area contributed by atoms with E-state index in [1.807, 2.05) is 12.1 Å². The normalized spacial score (nSPS) is 16.1. The summed E-state index contributed by atoms with van der Waals surface area (Å²) in [6.45, 7) is 5.17. The van der Waals surface area contributed by atoms with Crippen LogP contribution in [0.2, 0.25) is 0 Å². The lowest BCUT2D eigenvalue weighted by molar-refractivity contribution is -0.133. The van der Waals surface area contributed by atoms with Crippen molar-refractivity contribution in [1.29, 1.82) is 0 Å². The SMILES string of the molecule is CC(c1ccc(F)c(F)c1)N(C)C(=O)CN1CCN(c2ccc(O)cc2)CC1. The highest BCUT2D eigenvalue weighted by Crippen LogP contribution is 2.22. The van der Waals surface area contributed by atoms with Crippen LogP contribution in [-0.2, 0) is 4.79 Å². The second kappa shape index (κ2) is 8.56. The molecule has 0 aromatic heterocycles. The lowest BCUT2D eigenvalue weighted by atomic mass is 10.1. The van der Waals surface area contributed by atoms with E-state index < -0.39 is 11.6 Å². The van der Waals surface area contributed by atoms with Crippen molar-refractivity contribution in [2.75, 3.05) is 44.7 Å². The van der Waals surface area contributed by atoms with Crippen molar-refractivity contribution >= 4 is 11.6 Å². The first-order valence-corrected chi connectivity index (χ1v) is 9.32. The highest BCUT2D eigenvalue weighted by Gasteiger charge is 2.23. The van der Waals surface area contributed by atoms with Gasteiger partial charge in [0, 0.05) is 38.9 Å². The van der Waals surface area contributed by atoms with Crippen LogP contribution in [0.5, 0.6) is 5.75 Å². The zero-order valence-corrected chi connectivity index (χ0v) is 16.1.